The van der Waals surface area contributed by atoms with Crippen LogP contribution in [0.15, 0.2) is 54.6 Å². The van der Waals surface area contributed by atoms with Gasteiger partial charge in [0, 0.05) is 27.8 Å². The average molecular weight is 690 g/mol. The SMILES string of the molecule is CC(C)I.CC(C)Oc1ccc(N)cc1O.CC(C)Oc1ccc([N+](=O)[O-])cc1O.O=[N+]([O-])c1ccc(O)c(O)c1. The summed E-state index contributed by atoms with van der Waals surface area (Å²) in [6, 6.07) is 11.6. The second-order valence-electron chi connectivity index (χ2n) is 8.91. The van der Waals surface area contributed by atoms with Crippen LogP contribution in [0.1, 0.15) is 41.5 Å². The van der Waals surface area contributed by atoms with Crippen LogP contribution in [0.3, 0.4) is 0 Å². The monoisotopic (exact) mass is 689 g/mol. The van der Waals surface area contributed by atoms with Gasteiger partial charge in [0.2, 0.25) is 0 Å². The zero-order chi connectivity index (χ0) is 31.9. The Morgan fingerprint density at radius 1 is 0.659 bits per heavy atom. The van der Waals surface area contributed by atoms with Crippen LogP contribution in [0.25, 0.3) is 0 Å². The minimum absolute atomic E-state index is 0.0551. The number of nitrogen functional groups attached to an aromatic ring is 1. The summed E-state index contributed by atoms with van der Waals surface area (Å²) < 4.78 is 11.3. The summed E-state index contributed by atoms with van der Waals surface area (Å²) in [6.45, 7) is 11.7. The van der Waals surface area contributed by atoms with Crippen LogP contribution < -0.4 is 15.2 Å². The molecule has 0 saturated carbocycles. The summed E-state index contributed by atoms with van der Waals surface area (Å²) in [5.74, 6) is -0.254. The van der Waals surface area contributed by atoms with Crippen molar-refractivity contribution in [1.29, 1.82) is 0 Å². The molecule has 3 aromatic rings. The van der Waals surface area contributed by atoms with Crippen LogP contribution in [-0.2, 0) is 0 Å². The average Bonchev–Trinajstić information content (AvgIpc) is 2.84. The Bertz CT molecular complexity index is 1270. The fourth-order valence-electron chi connectivity index (χ4n) is 2.49. The van der Waals surface area contributed by atoms with Crippen LogP contribution in [0.5, 0.6) is 34.5 Å². The molecule has 0 fully saturated rings. The number of hydrogen-bond acceptors (Lipinski definition) is 11. The highest BCUT2D eigenvalue weighted by atomic mass is 127. The largest absolute Gasteiger partial charge is 0.504 e. The van der Waals surface area contributed by atoms with Gasteiger partial charge in [-0.1, -0.05) is 36.4 Å². The fourth-order valence-corrected chi connectivity index (χ4v) is 2.49. The third-order valence-electron chi connectivity index (χ3n) is 4.03. The predicted molar refractivity (Wildman–Crippen MR) is 164 cm³/mol. The normalized spacial score (nSPS) is 9.90. The lowest BCUT2D eigenvalue weighted by molar-refractivity contribution is -0.385. The number of non-ortho nitro benzene ring substituents is 2. The molecule has 0 heterocycles. The molecule has 0 spiro atoms. The van der Waals surface area contributed by atoms with Crippen molar-refractivity contribution < 1.29 is 39.7 Å². The van der Waals surface area contributed by atoms with Crippen molar-refractivity contribution in [2.45, 2.75) is 57.7 Å². The number of rotatable bonds is 6. The van der Waals surface area contributed by atoms with E-state index in [2.05, 4.69) is 36.4 Å². The predicted octanol–water partition coefficient (Wildman–Crippen LogP) is 6.69. The number of aromatic hydroxyl groups is 4. The molecule has 0 aliphatic heterocycles. The lowest BCUT2D eigenvalue weighted by Gasteiger charge is -2.10. The molecular weight excluding hydrogens is 653 g/mol. The van der Waals surface area contributed by atoms with Crippen molar-refractivity contribution >= 4 is 39.7 Å². The van der Waals surface area contributed by atoms with Gasteiger partial charge in [0.05, 0.1) is 34.2 Å². The summed E-state index contributed by atoms with van der Waals surface area (Å²) >= 11 is 2.34. The van der Waals surface area contributed by atoms with Crippen molar-refractivity contribution in [3.05, 3.63) is 74.8 Å². The summed E-state index contributed by atoms with van der Waals surface area (Å²) in [4.78, 5) is 19.2. The van der Waals surface area contributed by atoms with E-state index in [-0.39, 0.29) is 46.6 Å². The van der Waals surface area contributed by atoms with E-state index in [0.29, 0.717) is 11.4 Å². The number of benzene rings is 3. The van der Waals surface area contributed by atoms with Gasteiger partial charge in [-0.25, -0.2) is 0 Å². The standard InChI is InChI=1S/C9H11NO4.C9H13NO2.C6H5NO4.C3H7I/c1-6(2)14-9-4-3-7(10(12)13)5-8(9)11;1-6(2)12-9-4-3-7(10)5-8(9)11;8-5-2-1-4(7(10)11)3-6(5)9;1-3(2)4/h3-6,11H,1-2H3;3-6,11H,10H2,1-2H3;1-3,8-9H;3H,1-2H3. The van der Waals surface area contributed by atoms with E-state index in [1.54, 1.807) is 26.0 Å². The zero-order valence-electron chi connectivity index (χ0n) is 23.5. The van der Waals surface area contributed by atoms with Gasteiger partial charge in [-0.2, -0.15) is 0 Å². The van der Waals surface area contributed by atoms with Gasteiger partial charge in [0.25, 0.3) is 11.4 Å². The number of phenols is 4. The summed E-state index contributed by atoms with van der Waals surface area (Å²) in [6.07, 6.45) is -0.0260. The van der Waals surface area contributed by atoms with Gasteiger partial charge >= 0.3 is 0 Å². The number of hydrogen-bond donors (Lipinski definition) is 5. The summed E-state index contributed by atoms with van der Waals surface area (Å²) in [5.41, 5.74) is 5.57. The van der Waals surface area contributed by atoms with Gasteiger partial charge in [0.1, 0.15) is 0 Å². The van der Waals surface area contributed by atoms with Crippen molar-refractivity contribution in [3.63, 3.8) is 0 Å². The highest BCUT2D eigenvalue weighted by Gasteiger charge is 2.11. The van der Waals surface area contributed by atoms with Gasteiger partial charge in [0.15, 0.2) is 34.5 Å². The molecule has 0 aliphatic carbocycles. The molecule has 13 nitrogen and oxygen atoms in total. The first kappa shape index (κ1) is 36.8. The van der Waals surface area contributed by atoms with Crippen LogP contribution >= 0.6 is 22.6 Å². The van der Waals surface area contributed by atoms with E-state index >= 15 is 0 Å². The lowest BCUT2D eigenvalue weighted by Crippen LogP contribution is -2.05. The van der Waals surface area contributed by atoms with Crippen molar-refractivity contribution in [3.8, 4) is 34.5 Å². The summed E-state index contributed by atoms with van der Waals surface area (Å²) in [7, 11) is 0. The third kappa shape index (κ3) is 15.8. The smallest absolute Gasteiger partial charge is 0.273 e. The van der Waals surface area contributed by atoms with Gasteiger partial charge in [-0.05, 0) is 52.0 Å². The maximum atomic E-state index is 10.3. The number of nitrogens with two attached hydrogens (primary N) is 1. The number of phenolic OH excluding ortho intramolecular Hbond substituents is 4. The highest BCUT2D eigenvalue weighted by Crippen LogP contribution is 2.31. The highest BCUT2D eigenvalue weighted by molar-refractivity contribution is 14.1. The molecule has 0 bridgehead atoms. The van der Waals surface area contributed by atoms with Gasteiger partial charge in [-0.3, -0.25) is 20.2 Å². The number of nitro benzene ring substituents is 2. The zero-order valence-corrected chi connectivity index (χ0v) is 25.7. The molecular formula is C27H36IN3O10. The first-order valence-corrected chi connectivity index (χ1v) is 13.4. The molecule has 226 valence electrons. The second kappa shape index (κ2) is 18.2. The maximum Gasteiger partial charge on any atom is 0.273 e. The van der Waals surface area contributed by atoms with E-state index in [9.17, 15) is 30.4 Å². The van der Waals surface area contributed by atoms with E-state index in [1.807, 2.05) is 13.8 Å². The first-order valence-electron chi connectivity index (χ1n) is 12.1. The topological polar surface area (TPSA) is 212 Å². The molecule has 0 saturated heterocycles. The maximum absolute atomic E-state index is 10.3. The number of ether oxygens (including phenoxy) is 2. The van der Waals surface area contributed by atoms with E-state index in [1.165, 1.54) is 18.2 Å². The Hall–Kier alpha value is -4.21. The Kier molecular flexibility index (Phi) is 16.3. The molecule has 0 aliphatic rings. The second-order valence-corrected chi connectivity index (χ2v) is 11.4. The summed E-state index contributed by atoms with van der Waals surface area (Å²) in [5, 5.41) is 56.7. The molecule has 41 heavy (non-hydrogen) atoms. The molecule has 0 atom stereocenters. The minimum atomic E-state index is -0.654. The molecule has 3 rings (SSSR count). The molecule has 0 amide bonds. The molecule has 6 N–H and O–H groups in total. The van der Waals surface area contributed by atoms with Gasteiger partial charge < -0.3 is 35.6 Å². The van der Waals surface area contributed by atoms with Crippen LogP contribution in [-0.4, -0.2) is 46.4 Å². The fraction of sp³-hybridized carbons (Fsp3) is 0.333. The van der Waals surface area contributed by atoms with Crippen molar-refractivity contribution in [2.24, 2.45) is 0 Å². The Labute approximate surface area is 251 Å². The molecule has 0 radical (unpaired) electrons. The van der Waals surface area contributed by atoms with E-state index < -0.39 is 15.6 Å². The minimum Gasteiger partial charge on any atom is -0.504 e. The Morgan fingerprint density at radius 2 is 1.02 bits per heavy atom. The van der Waals surface area contributed by atoms with Crippen LogP contribution in [0.2, 0.25) is 0 Å². The molecule has 14 heteroatoms. The number of nitrogens with zero attached hydrogens (tertiary/aromatic N) is 2. The van der Waals surface area contributed by atoms with E-state index in [4.69, 9.17) is 25.4 Å². The van der Waals surface area contributed by atoms with Crippen LogP contribution in [0.4, 0.5) is 17.1 Å². The Balaban J connectivity index is 0.000000552. The first-order chi connectivity index (χ1) is 18.9. The molecule has 0 unspecified atom stereocenters. The number of anilines is 1. The van der Waals surface area contributed by atoms with E-state index in [0.717, 1.165) is 28.2 Å². The van der Waals surface area contributed by atoms with Crippen molar-refractivity contribution in [1.82, 2.24) is 0 Å². The lowest BCUT2D eigenvalue weighted by atomic mass is 10.3. The number of nitro groups is 2. The number of halogens is 1. The molecule has 3 aromatic carbocycles. The van der Waals surface area contributed by atoms with Crippen LogP contribution in [0, 0.1) is 20.2 Å². The third-order valence-corrected chi connectivity index (χ3v) is 4.03. The molecule has 0 aromatic heterocycles. The van der Waals surface area contributed by atoms with Crippen molar-refractivity contribution in [2.75, 3.05) is 5.73 Å². The number of alkyl halides is 1. The van der Waals surface area contributed by atoms with Gasteiger partial charge in [-0.15, -0.1) is 0 Å². The quantitative estimate of drug-likeness (QED) is 0.0460. The Morgan fingerprint density at radius 3 is 1.37 bits per heavy atom.